The van der Waals surface area contributed by atoms with Crippen molar-refractivity contribution in [3.8, 4) is 0 Å². The molecule has 1 amide bonds. The van der Waals surface area contributed by atoms with Crippen molar-refractivity contribution in [1.29, 1.82) is 0 Å². The third kappa shape index (κ3) is 6.22. The summed E-state index contributed by atoms with van der Waals surface area (Å²) < 4.78 is 0. The van der Waals surface area contributed by atoms with E-state index in [1.54, 1.807) is 6.92 Å². The zero-order valence-electron chi connectivity index (χ0n) is 9.98. The molecule has 0 radical (unpaired) electrons. The van der Waals surface area contributed by atoms with Crippen molar-refractivity contribution in [3.63, 3.8) is 0 Å². The highest BCUT2D eigenvalue weighted by Crippen LogP contribution is 2.07. The van der Waals surface area contributed by atoms with E-state index >= 15 is 0 Å². The molecule has 0 fully saturated rings. The summed E-state index contributed by atoms with van der Waals surface area (Å²) in [5.41, 5.74) is 0. The van der Waals surface area contributed by atoms with Crippen molar-refractivity contribution in [2.24, 2.45) is 5.92 Å². The number of hydrogen-bond donors (Lipinski definition) is 2. The maximum Gasteiger partial charge on any atom is 0.326 e. The molecule has 0 heterocycles. The second-order valence-corrected chi connectivity index (χ2v) is 3.88. The van der Waals surface area contributed by atoms with Crippen LogP contribution in [0.15, 0.2) is 12.2 Å². The Hall–Kier alpha value is -1.32. The zero-order valence-corrected chi connectivity index (χ0v) is 9.98. The largest absolute Gasteiger partial charge is 0.480 e. The van der Waals surface area contributed by atoms with E-state index in [1.165, 1.54) is 12.8 Å². The molecule has 2 unspecified atom stereocenters. The van der Waals surface area contributed by atoms with E-state index < -0.39 is 12.0 Å². The van der Waals surface area contributed by atoms with Gasteiger partial charge < -0.3 is 10.4 Å². The lowest BCUT2D eigenvalue weighted by Crippen LogP contribution is -2.40. The van der Waals surface area contributed by atoms with Gasteiger partial charge in [-0.1, -0.05) is 38.8 Å². The number of carbonyl (C=O) groups is 2. The van der Waals surface area contributed by atoms with Gasteiger partial charge in [-0.3, -0.25) is 4.79 Å². The van der Waals surface area contributed by atoms with Crippen molar-refractivity contribution >= 4 is 12.4 Å². The first-order valence-electron chi connectivity index (χ1n) is 5.72. The second-order valence-electron chi connectivity index (χ2n) is 3.88. The predicted molar refractivity (Wildman–Crippen MR) is 63.1 cm³/mol. The maximum atomic E-state index is 10.8. The molecule has 0 aliphatic rings. The minimum Gasteiger partial charge on any atom is -0.480 e. The topological polar surface area (TPSA) is 66.4 Å². The van der Waals surface area contributed by atoms with Gasteiger partial charge in [0.25, 0.3) is 0 Å². The fraction of sp³-hybridized carbons (Fsp3) is 0.667. The van der Waals surface area contributed by atoms with E-state index in [1.807, 2.05) is 12.2 Å². The molecule has 0 bridgehead atoms. The molecule has 0 aromatic carbocycles. The molecule has 92 valence electrons. The molecule has 0 aromatic rings. The van der Waals surface area contributed by atoms with Gasteiger partial charge in [-0.15, -0.1) is 0 Å². The SMILES string of the molecule is CCCCC/C=C\C(C)C(NC=O)C(=O)O. The van der Waals surface area contributed by atoms with Crippen LogP contribution in [0.25, 0.3) is 0 Å². The summed E-state index contributed by atoms with van der Waals surface area (Å²) in [5, 5.41) is 11.2. The monoisotopic (exact) mass is 227 g/mol. The molecule has 0 spiro atoms. The summed E-state index contributed by atoms with van der Waals surface area (Å²) in [6.45, 7) is 3.92. The van der Waals surface area contributed by atoms with E-state index in [-0.39, 0.29) is 5.92 Å². The lowest BCUT2D eigenvalue weighted by molar-refractivity contribution is -0.141. The van der Waals surface area contributed by atoms with Crippen molar-refractivity contribution in [1.82, 2.24) is 5.32 Å². The molecule has 4 heteroatoms. The van der Waals surface area contributed by atoms with Gasteiger partial charge in [0.05, 0.1) is 0 Å². The van der Waals surface area contributed by atoms with Crippen LogP contribution in [0, 0.1) is 5.92 Å². The fourth-order valence-electron chi connectivity index (χ4n) is 1.46. The molecule has 16 heavy (non-hydrogen) atoms. The van der Waals surface area contributed by atoms with Gasteiger partial charge in [0.2, 0.25) is 6.41 Å². The van der Waals surface area contributed by atoms with Crippen molar-refractivity contribution < 1.29 is 14.7 Å². The summed E-state index contributed by atoms with van der Waals surface area (Å²) in [6, 6.07) is -0.833. The fourth-order valence-corrected chi connectivity index (χ4v) is 1.46. The molecule has 4 nitrogen and oxygen atoms in total. The average molecular weight is 227 g/mol. The van der Waals surface area contributed by atoms with Crippen LogP contribution in [0.5, 0.6) is 0 Å². The Morgan fingerprint density at radius 2 is 2.12 bits per heavy atom. The number of nitrogens with one attached hydrogen (secondary N) is 1. The molecule has 0 aromatic heterocycles. The number of carbonyl (C=O) groups excluding carboxylic acids is 1. The third-order valence-electron chi connectivity index (χ3n) is 2.45. The quantitative estimate of drug-likeness (QED) is 0.359. The Morgan fingerprint density at radius 3 is 2.62 bits per heavy atom. The van der Waals surface area contributed by atoms with Crippen molar-refractivity contribution in [2.75, 3.05) is 0 Å². The zero-order chi connectivity index (χ0) is 12.4. The number of hydrogen-bond acceptors (Lipinski definition) is 2. The molecule has 0 aliphatic carbocycles. The lowest BCUT2D eigenvalue weighted by Gasteiger charge is -2.15. The standard InChI is InChI=1S/C12H21NO3/c1-3-4-5-6-7-8-10(2)11(12(15)16)13-9-14/h7-11H,3-6H2,1-2H3,(H,13,14)(H,15,16)/b8-7-. The second kappa shape index (κ2) is 8.95. The van der Waals surface area contributed by atoms with Gasteiger partial charge >= 0.3 is 5.97 Å². The van der Waals surface area contributed by atoms with Gasteiger partial charge in [-0.25, -0.2) is 4.79 Å². The van der Waals surface area contributed by atoms with Gasteiger partial charge in [-0.2, -0.15) is 0 Å². The van der Waals surface area contributed by atoms with Crippen molar-refractivity contribution in [2.45, 2.75) is 45.6 Å². The van der Waals surface area contributed by atoms with Crippen LogP contribution in [0.1, 0.15) is 39.5 Å². The van der Waals surface area contributed by atoms with Crippen LogP contribution >= 0.6 is 0 Å². The number of carboxylic acids is 1. The first-order valence-corrected chi connectivity index (χ1v) is 5.72. The van der Waals surface area contributed by atoms with Crippen LogP contribution in [-0.2, 0) is 9.59 Å². The van der Waals surface area contributed by atoms with Crippen LogP contribution < -0.4 is 5.32 Å². The predicted octanol–water partition coefficient (Wildman–Crippen LogP) is 1.96. The number of amides is 1. The normalized spacial score (nSPS) is 14.6. The number of carboxylic acid groups (broad SMARTS) is 1. The summed E-state index contributed by atoms with van der Waals surface area (Å²) >= 11 is 0. The minimum absolute atomic E-state index is 0.190. The van der Waals surface area contributed by atoms with Crippen LogP contribution in [0.2, 0.25) is 0 Å². The molecule has 2 atom stereocenters. The number of aliphatic carboxylic acids is 1. The molecule has 0 rings (SSSR count). The lowest BCUT2D eigenvalue weighted by atomic mass is 10.0. The minimum atomic E-state index is -1.00. The summed E-state index contributed by atoms with van der Waals surface area (Å²) in [5.74, 6) is -1.19. The van der Waals surface area contributed by atoms with Crippen LogP contribution in [-0.4, -0.2) is 23.5 Å². The Kier molecular flexibility index (Phi) is 8.21. The van der Waals surface area contributed by atoms with Crippen molar-refractivity contribution in [3.05, 3.63) is 12.2 Å². The van der Waals surface area contributed by atoms with Crippen LogP contribution in [0.3, 0.4) is 0 Å². The van der Waals surface area contributed by atoms with Gasteiger partial charge in [0.15, 0.2) is 0 Å². The number of allylic oxidation sites excluding steroid dienone is 1. The van der Waals surface area contributed by atoms with Gasteiger partial charge in [-0.05, 0) is 12.8 Å². The first-order chi connectivity index (χ1) is 7.63. The Morgan fingerprint density at radius 1 is 1.44 bits per heavy atom. The molecular formula is C12H21NO3. The van der Waals surface area contributed by atoms with Crippen LogP contribution in [0.4, 0.5) is 0 Å². The molecule has 0 saturated heterocycles. The maximum absolute atomic E-state index is 10.8. The molecule has 0 aliphatic heterocycles. The van der Waals surface area contributed by atoms with Gasteiger partial charge in [0.1, 0.15) is 6.04 Å². The summed E-state index contributed by atoms with van der Waals surface area (Å²) in [7, 11) is 0. The molecule has 0 saturated carbocycles. The van der Waals surface area contributed by atoms with E-state index in [9.17, 15) is 9.59 Å². The number of rotatable bonds is 9. The van der Waals surface area contributed by atoms with Gasteiger partial charge in [0, 0.05) is 5.92 Å². The van der Waals surface area contributed by atoms with E-state index in [0.717, 1.165) is 12.8 Å². The Labute approximate surface area is 96.7 Å². The van der Waals surface area contributed by atoms with E-state index in [0.29, 0.717) is 6.41 Å². The highest BCUT2D eigenvalue weighted by molar-refractivity contribution is 5.76. The summed E-state index contributed by atoms with van der Waals surface area (Å²) in [6.07, 6.45) is 8.72. The number of unbranched alkanes of at least 4 members (excludes halogenated alkanes) is 3. The van der Waals surface area contributed by atoms with E-state index in [4.69, 9.17) is 5.11 Å². The average Bonchev–Trinajstić information content (AvgIpc) is 2.24. The molecular weight excluding hydrogens is 206 g/mol. The highest BCUT2D eigenvalue weighted by Gasteiger charge is 2.21. The Bertz CT molecular complexity index is 238. The summed E-state index contributed by atoms with van der Waals surface area (Å²) in [4.78, 5) is 21.1. The third-order valence-corrected chi connectivity index (χ3v) is 2.45. The molecule has 2 N–H and O–H groups in total. The Balaban J connectivity index is 4.03. The smallest absolute Gasteiger partial charge is 0.326 e. The first kappa shape index (κ1) is 14.7. The highest BCUT2D eigenvalue weighted by atomic mass is 16.4. The van der Waals surface area contributed by atoms with E-state index in [2.05, 4.69) is 12.2 Å².